The van der Waals surface area contributed by atoms with Crippen LogP contribution < -0.4 is 0 Å². The molecule has 0 spiro atoms. The van der Waals surface area contributed by atoms with E-state index in [1.165, 1.54) is 18.2 Å². The van der Waals surface area contributed by atoms with Gasteiger partial charge in [0.15, 0.2) is 11.0 Å². The van der Waals surface area contributed by atoms with E-state index in [0.29, 0.717) is 11.1 Å². The van der Waals surface area contributed by atoms with Gasteiger partial charge in [0, 0.05) is 29.7 Å². The van der Waals surface area contributed by atoms with Crippen LogP contribution in [0.5, 0.6) is 0 Å². The minimum absolute atomic E-state index is 0.176. The maximum atomic E-state index is 13.0. The number of halogens is 1. The van der Waals surface area contributed by atoms with Gasteiger partial charge < -0.3 is 9.47 Å². The lowest BCUT2D eigenvalue weighted by Gasteiger charge is -2.36. The fraction of sp³-hybridized carbons (Fsp3) is 0.550. The molecule has 2 aromatic rings. The van der Waals surface area contributed by atoms with E-state index < -0.39 is 0 Å². The molecule has 2 heterocycles. The van der Waals surface area contributed by atoms with E-state index in [1.807, 2.05) is 31.2 Å². The van der Waals surface area contributed by atoms with Crippen LogP contribution in [0.2, 0.25) is 5.02 Å². The number of hydrogen-bond donors (Lipinski definition) is 0. The Balaban J connectivity index is 1.77. The van der Waals surface area contributed by atoms with Crippen molar-refractivity contribution >= 4 is 29.3 Å². The van der Waals surface area contributed by atoms with E-state index in [9.17, 15) is 4.79 Å². The number of benzene rings is 1. The van der Waals surface area contributed by atoms with Gasteiger partial charge in [-0.05, 0) is 63.8 Å². The monoisotopic (exact) mass is 406 g/mol. The molecule has 146 valence electrons. The molecule has 0 saturated carbocycles. The highest BCUT2D eigenvalue weighted by atomic mass is 35.5. The Bertz CT molecular complexity index is 777. The number of thioether (sulfide) groups is 1. The molecule has 0 radical (unpaired) electrons. The highest BCUT2D eigenvalue weighted by Gasteiger charge is 2.30. The highest BCUT2D eigenvalue weighted by Crippen LogP contribution is 2.30. The van der Waals surface area contributed by atoms with Crippen LogP contribution in [-0.2, 0) is 11.3 Å². The topological polar surface area (TPSA) is 51.0 Å². The second-order valence-corrected chi connectivity index (χ2v) is 8.65. The molecule has 5 nitrogen and oxygen atoms in total. The summed E-state index contributed by atoms with van der Waals surface area (Å²) in [5.74, 6) is 1.02. The molecule has 1 aliphatic heterocycles. The average Bonchev–Trinajstić information content (AvgIpc) is 3.10. The quantitative estimate of drug-likeness (QED) is 0.641. The number of piperidine rings is 1. The first-order valence-corrected chi connectivity index (χ1v) is 11.0. The Morgan fingerprint density at radius 3 is 2.67 bits per heavy atom. The predicted octanol–water partition coefficient (Wildman–Crippen LogP) is 4.89. The minimum atomic E-state index is -0.176. The number of carbonyl (C=O) groups excluding carboxylic acids is 1. The lowest BCUT2D eigenvalue weighted by molar-refractivity contribution is -0.134. The summed E-state index contributed by atoms with van der Waals surface area (Å²) >= 11 is 7.49. The summed E-state index contributed by atoms with van der Waals surface area (Å²) in [6, 6.07) is 7.97. The molecule has 2 atom stereocenters. The average molecular weight is 407 g/mol. The molecule has 1 fully saturated rings. The normalized spacial score (nSPS) is 18.5. The summed E-state index contributed by atoms with van der Waals surface area (Å²) in [5, 5.41) is 10.0. The zero-order chi connectivity index (χ0) is 19.4. The van der Waals surface area contributed by atoms with E-state index in [4.69, 9.17) is 11.6 Å². The van der Waals surface area contributed by atoms with Crippen molar-refractivity contribution in [1.29, 1.82) is 0 Å². The van der Waals surface area contributed by atoms with Gasteiger partial charge in [-0.15, -0.1) is 10.2 Å². The maximum absolute atomic E-state index is 13.0. The molecular formula is C20H27ClN4OS. The summed E-state index contributed by atoms with van der Waals surface area (Å²) in [5.41, 5.74) is 0.974. The van der Waals surface area contributed by atoms with Crippen LogP contribution >= 0.6 is 23.4 Å². The number of nitrogens with zero attached hydrogens (tertiary/aromatic N) is 4. The van der Waals surface area contributed by atoms with Gasteiger partial charge in [0.1, 0.15) is 0 Å². The fourth-order valence-electron chi connectivity index (χ4n) is 3.63. The molecule has 1 aliphatic rings. The lowest BCUT2D eigenvalue weighted by atomic mass is 10.00. The van der Waals surface area contributed by atoms with E-state index in [0.717, 1.165) is 48.9 Å². The third kappa shape index (κ3) is 4.49. The molecule has 1 amide bonds. The molecule has 27 heavy (non-hydrogen) atoms. The summed E-state index contributed by atoms with van der Waals surface area (Å²) in [7, 11) is 0. The maximum Gasteiger partial charge on any atom is 0.236 e. The lowest BCUT2D eigenvalue weighted by Crippen LogP contribution is -2.46. The molecule has 2 unspecified atom stereocenters. The van der Waals surface area contributed by atoms with Gasteiger partial charge in [-0.1, -0.05) is 30.3 Å². The number of rotatable bonds is 6. The fourth-order valence-corrected chi connectivity index (χ4v) is 4.74. The minimum Gasteiger partial charge on any atom is -0.339 e. The van der Waals surface area contributed by atoms with Crippen molar-refractivity contribution in [1.82, 2.24) is 19.7 Å². The van der Waals surface area contributed by atoms with Crippen LogP contribution in [0.1, 0.15) is 46.5 Å². The summed E-state index contributed by atoms with van der Waals surface area (Å²) in [6.45, 7) is 7.83. The van der Waals surface area contributed by atoms with Crippen LogP contribution in [0, 0.1) is 0 Å². The first kappa shape index (κ1) is 20.2. The van der Waals surface area contributed by atoms with E-state index in [1.54, 1.807) is 0 Å². The Morgan fingerprint density at radius 1 is 1.26 bits per heavy atom. The number of likely N-dealkylation sites (tertiary alicyclic amines) is 1. The molecule has 0 N–H and O–H groups in total. The van der Waals surface area contributed by atoms with Crippen LogP contribution in [0.15, 0.2) is 29.4 Å². The summed E-state index contributed by atoms with van der Waals surface area (Å²) in [4.78, 5) is 15.1. The van der Waals surface area contributed by atoms with Crippen molar-refractivity contribution < 1.29 is 4.79 Å². The number of amides is 1. The number of carbonyl (C=O) groups is 1. The van der Waals surface area contributed by atoms with E-state index in [2.05, 4.69) is 33.5 Å². The number of hydrogen-bond acceptors (Lipinski definition) is 4. The Hall–Kier alpha value is -1.53. The van der Waals surface area contributed by atoms with Crippen LogP contribution in [-0.4, -0.2) is 43.4 Å². The van der Waals surface area contributed by atoms with Crippen molar-refractivity contribution in [2.45, 2.75) is 69.4 Å². The smallest absolute Gasteiger partial charge is 0.236 e. The SMILES string of the molecule is CCC1CCCCN1C(=O)C(C)Sc1nnc(-c2ccc(Cl)cc2)n1CC. The van der Waals surface area contributed by atoms with E-state index >= 15 is 0 Å². The standard InChI is InChI=1S/C20H27ClN4OS/c1-4-17-8-6-7-13-25(17)19(26)14(3)27-20-23-22-18(24(20)5-2)15-9-11-16(21)12-10-15/h9-12,14,17H,4-8,13H2,1-3H3. The molecule has 0 bridgehead atoms. The number of aromatic nitrogens is 3. The molecule has 3 rings (SSSR count). The second kappa shape index (κ2) is 9.11. The van der Waals surface area contributed by atoms with Crippen LogP contribution in [0.25, 0.3) is 11.4 Å². The Labute approximate surface area is 170 Å². The van der Waals surface area contributed by atoms with Gasteiger partial charge >= 0.3 is 0 Å². The summed E-state index contributed by atoms with van der Waals surface area (Å²) in [6.07, 6.45) is 4.46. The van der Waals surface area contributed by atoms with Gasteiger partial charge in [0.25, 0.3) is 0 Å². The van der Waals surface area contributed by atoms with Crippen LogP contribution in [0.4, 0.5) is 0 Å². The third-order valence-corrected chi connectivity index (χ3v) is 6.47. The third-order valence-electron chi connectivity index (χ3n) is 5.15. The second-order valence-electron chi connectivity index (χ2n) is 6.91. The zero-order valence-electron chi connectivity index (χ0n) is 16.2. The van der Waals surface area contributed by atoms with Gasteiger partial charge in [-0.2, -0.15) is 0 Å². The molecule has 1 aromatic carbocycles. The van der Waals surface area contributed by atoms with Crippen molar-refractivity contribution in [3.05, 3.63) is 29.3 Å². The Morgan fingerprint density at radius 2 is 2.00 bits per heavy atom. The van der Waals surface area contributed by atoms with Gasteiger partial charge in [0.2, 0.25) is 5.91 Å². The molecule has 7 heteroatoms. The largest absolute Gasteiger partial charge is 0.339 e. The van der Waals surface area contributed by atoms with Crippen molar-refractivity contribution in [2.75, 3.05) is 6.54 Å². The van der Waals surface area contributed by atoms with Crippen LogP contribution in [0.3, 0.4) is 0 Å². The van der Waals surface area contributed by atoms with E-state index in [-0.39, 0.29) is 11.2 Å². The molecular weight excluding hydrogens is 380 g/mol. The molecule has 1 saturated heterocycles. The highest BCUT2D eigenvalue weighted by molar-refractivity contribution is 8.00. The first-order valence-electron chi connectivity index (χ1n) is 9.71. The zero-order valence-corrected chi connectivity index (χ0v) is 17.8. The van der Waals surface area contributed by atoms with Gasteiger partial charge in [-0.3, -0.25) is 4.79 Å². The predicted molar refractivity (Wildman–Crippen MR) is 111 cm³/mol. The first-order chi connectivity index (χ1) is 13.0. The molecule has 1 aromatic heterocycles. The van der Waals surface area contributed by atoms with Gasteiger partial charge in [0.05, 0.1) is 5.25 Å². The van der Waals surface area contributed by atoms with Gasteiger partial charge in [-0.25, -0.2) is 0 Å². The molecule has 0 aliphatic carbocycles. The Kier molecular flexibility index (Phi) is 6.82. The van der Waals surface area contributed by atoms with Crippen molar-refractivity contribution in [2.24, 2.45) is 0 Å². The van der Waals surface area contributed by atoms with Crippen molar-refractivity contribution in [3.8, 4) is 11.4 Å². The summed E-state index contributed by atoms with van der Waals surface area (Å²) < 4.78 is 2.06. The van der Waals surface area contributed by atoms with Crippen molar-refractivity contribution in [3.63, 3.8) is 0 Å².